The van der Waals surface area contributed by atoms with E-state index in [4.69, 9.17) is 13.7 Å². The first-order chi connectivity index (χ1) is 8.90. The van der Waals surface area contributed by atoms with Gasteiger partial charge in [0.05, 0.1) is 25.7 Å². The SMILES string of the molecule is CCOC(C)OCC(Cn1ccnc1)OS(C)(=O)=O. The zero-order valence-corrected chi connectivity index (χ0v) is 12.2. The zero-order chi connectivity index (χ0) is 14.3. The smallest absolute Gasteiger partial charge is 0.264 e. The van der Waals surface area contributed by atoms with Crippen molar-refractivity contribution >= 4 is 10.1 Å². The lowest BCUT2D eigenvalue weighted by Gasteiger charge is -2.19. The molecular weight excluding hydrogens is 272 g/mol. The predicted molar refractivity (Wildman–Crippen MR) is 69.0 cm³/mol. The first-order valence-electron chi connectivity index (χ1n) is 5.98. The average molecular weight is 292 g/mol. The van der Waals surface area contributed by atoms with Crippen molar-refractivity contribution < 1.29 is 22.1 Å². The second-order valence-electron chi connectivity index (χ2n) is 4.04. The topological polar surface area (TPSA) is 79.7 Å². The molecule has 0 aliphatic heterocycles. The fourth-order valence-electron chi connectivity index (χ4n) is 1.51. The summed E-state index contributed by atoms with van der Waals surface area (Å²) in [6, 6.07) is 0. The minimum absolute atomic E-state index is 0.117. The van der Waals surface area contributed by atoms with E-state index in [2.05, 4.69) is 4.98 Å². The van der Waals surface area contributed by atoms with Gasteiger partial charge in [-0.3, -0.25) is 4.18 Å². The largest absolute Gasteiger partial charge is 0.353 e. The summed E-state index contributed by atoms with van der Waals surface area (Å²) in [7, 11) is -3.54. The van der Waals surface area contributed by atoms with Crippen LogP contribution in [0.1, 0.15) is 13.8 Å². The number of ether oxygens (including phenoxy) is 2. The molecule has 1 aromatic rings. The molecule has 0 bridgehead atoms. The Morgan fingerprint density at radius 1 is 1.37 bits per heavy atom. The summed E-state index contributed by atoms with van der Waals surface area (Å²) in [6.07, 6.45) is 4.92. The quantitative estimate of drug-likeness (QED) is 0.490. The van der Waals surface area contributed by atoms with Crippen molar-refractivity contribution in [2.24, 2.45) is 0 Å². The van der Waals surface area contributed by atoms with Gasteiger partial charge in [-0.15, -0.1) is 0 Å². The molecule has 1 rings (SSSR count). The number of nitrogens with zero attached hydrogens (tertiary/aromatic N) is 2. The van der Waals surface area contributed by atoms with Gasteiger partial charge in [-0.1, -0.05) is 0 Å². The predicted octanol–water partition coefficient (Wildman–Crippen LogP) is 0.627. The van der Waals surface area contributed by atoms with Crippen molar-refractivity contribution in [3.8, 4) is 0 Å². The highest BCUT2D eigenvalue weighted by Gasteiger charge is 2.18. The van der Waals surface area contributed by atoms with Crippen LogP contribution in [-0.2, 0) is 30.3 Å². The molecule has 1 aromatic heterocycles. The molecular formula is C11H20N2O5S. The molecule has 0 aromatic carbocycles. The van der Waals surface area contributed by atoms with E-state index in [1.54, 1.807) is 30.2 Å². The molecule has 19 heavy (non-hydrogen) atoms. The highest BCUT2D eigenvalue weighted by Crippen LogP contribution is 2.05. The van der Waals surface area contributed by atoms with Crippen LogP contribution in [-0.4, -0.2) is 49.8 Å². The fraction of sp³-hybridized carbons (Fsp3) is 0.727. The number of hydrogen-bond acceptors (Lipinski definition) is 6. The Bertz CT molecular complexity index is 446. The van der Waals surface area contributed by atoms with E-state index < -0.39 is 22.5 Å². The van der Waals surface area contributed by atoms with Gasteiger partial charge >= 0.3 is 0 Å². The van der Waals surface area contributed by atoms with Gasteiger partial charge in [-0.05, 0) is 13.8 Å². The van der Waals surface area contributed by atoms with Crippen LogP contribution >= 0.6 is 0 Å². The average Bonchev–Trinajstić information content (AvgIpc) is 2.77. The lowest BCUT2D eigenvalue weighted by molar-refractivity contribution is -0.141. The second-order valence-corrected chi connectivity index (χ2v) is 5.64. The van der Waals surface area contributed by atoms with Crippen LogP contribution in [0.4, 0.5) is 0 Å². The number of aromatic nitrogens is 2. The van der Waals surface area contributed by atoms with Crippen molar-refractivity contribution in [3.05, 3.63) is 18.7 Å². The minimum Gasteiger partial charge on any atom is -0.353 e. The van der Waals surface area contributed by atoms with Crippen LogP contribution in [0, 0.1) is 0 Å². The Hall–Kier alpha value is -0.960. The molecule has 0 spiro atoms. The third-order valence-corrected chi connectivity index (χ3v) is 2.82. The summed E-state index contributed by atoms with van der Waals surface area (Å²) < 4.78 is 39.7. The van der Waals surface area contributed by atoms with E-state index in [1.165, 1.54) is 0 Å². The van der Waals surface area contributed by atoms with E-state index in [0.717, 1.165) is 6.26 Å². The molecule has 7 nitrogen and oxygen atoms in total. The lowest BCUT2D eigenvalue weighted by atomic mass is 10.4. The molecule has 0 radical (unpaired) electrons. The third-order valence-electron chi connectivity index (χ3n) is 2.20. The fourth-order valence-corrected chi connectivity index (χ4v) is 2.12. The Morgan fingerprint density at radius 3 is 2.63 bits per heavy atom. The van der Waals surface area contributed by atoms with Crippen LogP contribution in [0.5, 0.6) is 0 Å². The second kappa shape index (κ2) is 7.59. The van der Waals surface area contributed by atoms with Gasteiger partial charge in [0.25, 0.3) is 10.1 Å². The first kappa shape index (κ1) is 16.1. The molecule has 0 aliphatic carbocycles. The van der Waals surface area contributed by atoms with Crippen molar-refractivity contribution in [2.45, 2.75) is 32.8 Å². The number of imidazole rings is 1. The molecule has 2 atom stereocenters. The van der Waals surface area contributed by atoms with E-state index in [0.29, 0.717) is 13.2 Å². The summed E-state index contributed by atoms with van der Waals surface area (Å²) in [5.74, 6) is 0. The van der Waals surface area contributed by atoms with Crippen molar-refractivity contribution in [3.63, 3.8) is 0 Å². The van der Waals surface area contributed by atoms with Gasteiger partial charge in [-0.2, -0.15) is 8.42 Å². The van der Waals surface area contributed by atoms with E-state index in [1.807, 2.05) is 6.92 Å². The standard InChI is InChI=1S/C11H20N2O5S/c1-4-16-10(2)17-8-11(18-19(3,14)15)7-13-6-5-12-9-13/h5-6,9-11H,4,7-8H2,1-3H3. The molecule has 0 saturated heterocycles. The van der Waals surface area contributed by atoms with Crippen LogP contribution in [0.15, 0.2) is 18.7 Å². The maximum atomic E-state index is 11.2. The summed E-state index contributed by atoms with van der Waals surface area (Å²) >= 11 is 0. The van der Waals surface area contributed by atoms with Gasteiger partial charge in [0, 0.05) is 19.0 Å². The Balaban J connectivity index is 2.54. The highest BCUT2D eigenvalue weighted by molar-refractivity contribution is 7.86. The van der Waals surface area contributed by atoms with Crippen molar-refractivity contribution in [1.82, 2.24) is 9.55 Å². The summed E-state index contributed by atoms with van der Waals surface area (Å²) in [6.45, 7) is 4.59. The Labute approximate surface area is 113 Å². The van der Waals surface area contributed by atoms with Crippen molar-refractivity contribution in [2.75, 3.05) is 19.5 Å². The summed E-state index contributed by atoms with van der Waals surface area (Å²) in [5, 5.41) is 0. The van der Waals surface area contributed by atoms with Crippen LogP contribution in [0.3, 0.4) is 0 Å². The number of rotatable bonds is 9. The molecule has 1 heterocycles. The lowest BCUT2D eigenvalue weighted by Crippen LogP contribution is -2.30. The molecule has 0 aliphatic rings. The van der Waals surface area contributed by atoms with Crippen LogP contribution in [0.2, 0.25) is 0 Å². The number of hydrogen-bond donors (Lipinski definition) is 0. The third kappa shape index (κ3) is 7.26. The highest BCUT2D eigenvalue weighted by atomic mass is 32.2. The molecule has 0 amide bonds. The Kier molecular flexibility index (Phi) is 6.43. The normalized spacial score (nSPS) is 15.3. The molecule has 8 heteroatoms. The van der Waals surface area contributed by atoms with E-state index >= 15 is 0 Å². The molecule has 0 N–H and O–H groups in total. The molecule has 0 saturated carbocycles. The van der Waals surface area contributed by atoms with Gasteiger partial charge in [0.1, 0.15) is 6.10 Å². The van der Waals surface area contributed by atoms with Crippen LogP contribution < -0.4 is 0 Å². The first-order valence-corrected chi connectivity index (χ1v) is 7.79. The van der Waals surface area contributed by atoms with Gasteiger partial charge in [0.15, 0.2) is 6.29 Å². The monoisotopic (exact) mass is 292 g/mol. The van der Waals surface area contributed by atoms with Crippen molar-refractivity contribution in [1.29, 1.82) is 0 Å². The summed E-state index contributed by atoms with van der Waals surface area (Å²) in [4.78, 5) is 3.89. The molecule has 110 valence electrons. The Morgan fingerprint density at radius 2 is 2.11 bits per heavy atom. The molecule has 0 fully saturated rings. The summed E-state index contributed by atoms with van der Waals surface area (Å²) in [5.41, 5.74) is 0. The maximum absolute atomic E-state index is 11.2. The molecule has 2 unspecified atom stereocenters. The van der Waals surface area contributed by atoms with E-state index in [9.17, 15) is 8.42 Å². The van der Waals surface area contributed by atoms with Gasteiger partial charge in [0.2, 0.25) is 0 Å². The van der Waals surface area contributed by atoms with Crippen LogP contribution in [0.25, 0.3) is 0 Å². The minimum atomic E-state index is -3.54. The van der Waals surface area contributed by atoms with Gasteiger partial charge in [-0.25, -0.2) is 4.98 Å². The zero-order valence-electron chi connectivity index (χ0n) is 11.4. The van der Waals surface area contributed by atoms with E-state index in [-0.39, 0.29) is 6.61 Å². The van der Waals surface area contributed by atoms with Gasteiger partial charge < -0.3 is 14.0 Å². The maximum Gasteiger partial charge on any atom is 0.264 e.